The second-order valence-corrected chi connectivity index (χ2v) is 4.72. The number of amides is 1. The zero-order valence-corrected chi connectivity index (χ0v) is 10.8. The van der Waals surface area contributed by atoms with Gasteiger partial charge in [0.2, 0.25) is 0 Å². The Morgan fingerprint density at radius 2 is 2.06 bits per heavy atom. The molecular formula is C14H20N2O2. The number of likely N-dealkylation sites (tertiary alicyclic amines) is 1. The number of carbonyl (C=O) groups excluding carboxylic acids is 1. The Morgan fingerprint density at radius 1 is 1.33 bits per heavy atom. The molecule has 18 heavy (non-hydrogen) atoms. The van der Waals surface area contributed by atoms with Gasteiger partial charge in [-0.05, 0) is 38.3 Å². The maximum atomic E-state index is 12.2. The molecule has 1 atom stereocenters. The van der Waals surface area contributed by atoms with Gasteiger partial charge in [-0.1, -0.05) is 6.07 Å². The molecule has 0 saturated carbocycles. The number of nitrogen functional groups attached to an aromatic ring is 1. The van der Waals surface area contributed by atoms with E-state index in [1.54, 1.807) is 19.1 Å². The molecule has 0 radical (unpaired) electrons. The molecule has 1 aliphatic heterocycles. The lowest BCUT2D eigenvalue weighted by Crippen LogP contribution is -2.43. The number of ether oxygens (including phenoxy) is 1. The molecule has 1 fully saturated rings. The first-order valence-electron chi connectivity index (χ1n) is 6.48. The number of rotatable bonds is 3. The molecule has 1 aromatic carbocycles. The van der Waals surface area contributed by atoms with Crippen LogP contribution in [-0.2, 0) is 4.79 Å². The maximum absolute atomic E-state index is 12.2. The van der Waals surface area contributed by atoms with Gasteiger partial charge < -0.3 is 15.4 Å². The zero-order valence-electron chi connectivity index (χ0n) is 10.8. The normalized spacial score (nSPS) is 17.3. The number of piperidine rings is 1. The number of hydrogen-bond acceptors (Lipinski definition) is 3. The molecule has 2 rings (SSSR count). The third-order valence-electron chi connectivity index (χ3n) is 3.19. The minimum atomic E-state index is -0.454. The Hall–Kier alpha value is -1.71. The van der Waals surface area contributed by atoms with Crippen LogP contribution in [0.4, 0.5) is 5.69 Å². The second kappa shape index (κ2) is 5.76. The van der Waals surface area contributed by atoms with E-state index >= 15 is 0 Å². The molecule has 0 aliphatic carbocycles. The van der Waals surface area contributed by atoms with E-state index in [0.717, 1.165) is 25.9 Å². The van der Waals surface area contributed by atoms with E-state index in [4.69, 9.17) is 10.5 Å². The smallest absolute Gasteiger partial charge is 0.263 e. The predicted molar refractivity (Wildman–Crippen MR) is 71.4 cm³/mol. The minimum absolute atomic E-state index is 0.0668. The first-order chi connectivity index (χ1) is 8.66. The van der Waals surface area contributed by atoms with Crippen molar-refractivity contribution in [3.8, 4) is 5.75 Å². The predicted octanol–water partition coefficient (Wildman–Crippen LogP) is 2.05. The van der Waals surface area contributed by atoms with Gasteiger partial charge in [0.05, 0.1) is 0 Å². The van der Waals surface area contributed by atoms with Gasteiger partial charge in [-0.25, -0.2) is 0 Å². The van der Waals surface area contributed by atoms with Crippen LogP contribution in [0.15, 0.2) is 24.3 Å². The fourth-order valence-electron chi connectivity index (χ4n) is 2.21. The standard InChI is InChI=1S/C14H20N2O2/c1-11(14(17)16-8-3-2-4-9-16)18-13-7-5-6-12(15)10-13/h5-7,10-11H,2-4,8-9,15H2,1H3/t11-/m0/s1. The topological polar surface area (TPSA) is 55.6 Å². The van der Waals surface area contributed by atoms with Gasteiger partial charge in [-0.2, -0.15) is 0 Å². The summed E-state index contributed by atoms with van der Waals surface area (Å²) in [6, 6.07) is 7.17. The second-order valence-electron chi connectivity index (χ2n) is 4.72. The summed E-state index contributed by atoms with van der Waals surface area (Å²) in [7, 11) is 0. The van der Waals surface area contributed by atoms with E-state index in [0.29, 0.717) is 11.4 Å². The summed E-state index contributed by atoms with van der Waals surface area (Å²) < 4.78 is 5.64. The van der Waals surface area contributed by atoms with Crippen molar-refractivity contribution >= 4 is 11.6 Å². The van der Waals surface area contributed by atoms with Gasteiger partial charge in [0.1, 0.15) is 5.75 Å². The van der Waals surface area contributed by atoms with E-state index in [1.807, 2.05) is 17.0 Å². The average molecular weight is 248 g/mol. The number of carbonyl (C=O) groups is 1. The van der Waals surface area contributed by atoms with Crippen molar-refractivity contribution in [3.63, 3.8) is 0 Å². The number of nitrogens with zero attached hydrogens (tertiary/aromatic N) is 1. The summed E-state index contributed by atoms with van der Waals surface area (Å²) in [6.45, 7) is 3.49. The average Bonchev–Trinajstić information content (AvgIpc) is 2.39. The van der Waals surface area contributed by atoms with E-state index in [9.17, 15) is 4.79 Å². The summed E-state index contributed by atoms with van der Waals surface area (Å²) in [5.74, 6) is 0.713. The molecule has 4 nitrogen and oxygen atoms in total. The lowest BCUT2D eigenvalue weighted by molar-refractivity contribution is -0.138. The molecule has 1 saturated heterocycles. The van der Waals surface area contributed by atoms with Gasteiger partial charge in [-0.3, -0.25) is 4.79 Å². The van der Waals surface area contributed by atoms with Crippen LogP contribution in [0.3, 0.4) is 0 Å². The van der Waals surface area contributed by atoms with Crippen molar-refractivity contribution in [1.29, 1.82) is 0 Å². The first-order valence-corrected chi connectivity index (χ1v) is 6.48. The highest BCUT2D eigenvalue weighted by Crippen LogP contribution is 2.17. The number of benzene rings is 1. The fraction of sp³-hybridized carbons (Fsp3) is 0.500. The van der Waals surface area contributed by atoms with E-state index in [1.165, 1.54) is 6.42 Å². The molecule has 4 heteroatoms. The molecule has 0 aromatic heterocycles. The van der Waals surface area contributed by atoms with Crippen LogP contribution in [0.25, 0.3) is 0 Å². The molecule has 1 aromatic rings. The van der Waals surface area contributed by atoms with Crippen LogP contribution in [0.2, 0.25) is 0 Å². The molecule has 2 N–H and O–H groups in total. The summed E-state index contributed by atoms with van der Waals surface area (Å²) >= 11 is 0. The highest BCUT2D eigenvalue weighted by molar-refractivity contribution is 5.81. The van der Waals surface area contributed by atoms with Gasteiger partial charge in [0.25, 0.3) is 5.91 Å². The Balaban J connectivity index is 1.94. The lowest BCUT2D eigenvalue weighted by Gasteiger charge is -2.29. The van der Waals surface area contributed by atoms with E-state index < -0.39 is 6.10 Å². The molecule has 0 unspecified atom stereocenters. The van der Waals surface area contributed by atoms with Crippen LogP contribution >= 0.6 is 0 Å². The van der Waals surface area contributed by atoms with Crippen LogP contribution in [-0.4, -0.2) is 30.0 Å². The highest BCUT2D eigenvalue weighted by Gasteiger charge is 2.23. The van der Waals surface area contributed by atoms with Crippen LogP contribution in [0.1, 0.15) is 26.2 Å². The number of nitrogens with two attached hydrogens (primary N) is 1. The van der Waals surface area contributed by atoms with Crippen LogP contribution in [0.5, 0.6) is 5.75 Å². The lowest BCUT2D eigenvalue weighted by atomic mass is 10.1. The Bertz CT molecular complexity index is 414. The maximum Gasteiger partial charge on any atom is 0.263 e. The van der Waals surface area contributed by atoms with E-state index in [-0.39, 0.29) is 5.91 Å². The SMILES string of the molecule is C[C@H](Oc1cccc(N)c1)C(=O)N1CCCCC1. The van der Waals surface area contributed by atoms with Crippen molar-refractivity contribution < 1.29 is 9.53 Å². The molecule has 0 spiro atoms. The molecule has 1 heterocycles. The van der Waals surface area contributed by atoms with Crippen molar-refractivity contribution in [2.24, 2.45) is 0 Å². The molecule has 1 aliphatic rings. The summed E-state index contributed by atoms with van der Waals surface area (Å²) in [4.78, 5) is 14.0. The van der Waals surface area contributed by atoms with Crippen molar-refractivity contribution in [2.75, 3.05) is 18.8 Å². The number of hydrogen-bond donors (Lipinski definition) is 1. The Morgan fingerprint density at radius 3 is 2.72 bits per heavy atom. The third kappa shape index (κ3) is 3.15. The van der Waals surface area contributed by atoms with Crippen molar-refractivity contribution in [3.05, 3.63) is 24.3 Å². The van der Waals surface area contributed by atoms with Crippen molar-refractivity contribution in [1.82, 2.24) is 4.90 Å². The van der Waals surface area contributed by atoms with Gasteiger partial charge in [0, 0.05) is 24.8 Å². The first kappa shape index (κ1) is 12.7. The monoisotopic (exact) mass is 248 g/mol. The van der Waals surface area contributed by atoms with Crippen LogP contribution < -0.4 is 10.5 Å². The number of anilines is 1. The highest BCUT2D eigenvalue weighted by atomic mass is 16.5. The van der Waals surface area contributed by atoms with Gasteiger partial charge in [0.15, 0.2) is 6.10 Å². The van der Waals surface area contributed by atoms with Crippen molar-refractivity contribution in [2.45, 2.75) is 32.3 Å². The molecule has 0 bridgehead atoms. The minimum Gasteiger partial charge on any atom is -0.481 e. The third-order valence-corrected chi connectivity index (χ3v) is 3.19. The molecule has 1 amide bonds. The summed E-state index contributed by atoms with van der Waals surface area (Å²) in [5.41, 5.74) is 6.32. The fourth-order valence-corrected chi connectivity index (χ4v) is 2.21. The molecule has 98 valence electrons. The summed E-state index contributed by atoms with van der Waals surface area (Å²) in [6.07, 6.45) is 2.95. The van der Waals surface area contributed by atoms with Gasteiger partial charge in [-0.15, -0.1) is 0 Å². The largest absolute Gasteiger partial charge is 0.481 e. The Kier molecular flexibility index (Phi) is 4.07. The van der Waals surface area contributed by atoms with Gasteiger partial charge >= 0.3 is 0 Å². The quantitative estimate of drug-likeness (QED) is 0.833. The van der Waals surface area contributed by atoms with Crippen LogP contribution in [0, 0.1) is 0 Å². The Labute approximate surface area is 108 Å². The summed E-state index contributed by atoms with van der Waals surface area (Å²) in [5, 5.41) is 0. The molecular weight excluding hydrogens is 228 g/mol. The zero-order chi connectivity index (χ0) is 13.0. The van der Waals surface area contributed by atoms with E-state index in [2.05, 4.69) is 0 Å².